The Hall–Kier alpha value is -1.62. The quantitative estimate of drug-likeness (QED) is 0.874. The number of nitrogens with one attached hydrogen (secondary N) is 2. The fourth-order valence-electron chi connectivity index (χ4n) is 3.00. The first-order chi connectivity index (χ1) is 10.9. The smallest absolute Gasteiger partial charge is 0.407 e. The van der Waals surface area contributed by atoms with E-state index < -0.39 is 5.60 Å². The maximum Gasteiger partial charge on any atom is 0.407 e. The summed E-state index contributed by atoms with van der Waals surface area (Å²) in [4.78, 5) is 15.9. The van der Waals surface area contributed by atoms with Gasteiger partial charge >= 0.3 is 6.09 Å². The molecule has 2 rings (SSSR count). The summed E-state index contributed by atoms with van der Waals surface area (Å²) in [7, 11) is 0. The lowest BCUT2D eigenvalue weighted by atomic mass is 9.84. The van der Waals surface area contributed by atoms with Gasteiger partial charge in [0.15, 0.2) is 0 Å². The summed E-state index contributed by atoms with van der Waals surface area (Å²) >= 11 is 0. The lowest BCUT2D eigenvalue weighted by Crippen LogP contribution is -2.44. The van der Waals surface area contributed by atoms with Gasteiger partial charge in [-0.25, -0.2) is 4.79 Å². The molecule has 0 saturated heterocycles. The zero-order valence-corrected chi connectivity index (χ0v) is 14.5. The number of aromatic nitrogens is 1. The molecule has 1 aliphatic rings. The van der Waals surface area contributed by atoms with Crippen molar-refractivity contribution in [1.29, 1.82) is 0 Å². The van der Waals surface area contributed by atoms with Crippen LogP contribution in [0.2, 0.25) is 0 Å². The molecule has 5 heteroatoms. The van der Waals surface area contributed by atoms with E-state index in [4.69, 9.17) is 4.74 Å². The standard InChI is InChI=1S/C18H29N3O2/c1-18(2,3)23-17(22)21-13-15-6-4-5-7-16(15)20-12-14-8-10-19-11-9-14/h8-11,15-16,20H,4-7,12-13H2,1-3H3,(H,21,22). The molecule has 0 spiro atoms. The van der Waals surface area contributed by atoms with E-state index in [1.165, 1.54) is 18.4 Å². The molecule has 1 fully saturated rings. The highest BCUT2D eigenvalue weighted by atomic mass is 16.6. The number of amides is 1. The van der Waals surface area contributed by atoms with Crippen LogP contribution in [0, 0.1) is 5.92 Å². The van der Waals surface area contributed by atoms with Crippen LogP contribution in [-0.2, 0) is 11.3 Å². The van der Waals surface area contributed by atoms with Crippen LogP contribution in [0.5, 0.6) is 0 Å². The van der Waals surface area contributed by atoms with Crippen LogP contribution >= 0.6 is 0 Å². The van der Waals surface area contributed by atoms with Crippen molar-refractivity contribution in [2.75, 3.05) is 6.54 Å². The molecule has 2 N–H and O–H groups in total. The highest BCUT2D eigenvalue weighted by Gasteiger charge is 2.26. The molecule has 1 heterocycles. The third-order valence-corrected chi connectivity index (χ3v) is 4.13. The Morgan fingerprint density at radius 1 is 1.26 bits per heavy atom. The molecule has 1 aliphatic carbocycles. The Morgan fingerprint density at radius 2 is 1.96 bits per heavy atom. The zero-order chi connectivity index (χ0) is 16.7. The van der Waals surface area contributed by atoms with Gasteiger partial charge in [0.1, 0.15) is 5.60 Å². The van der Waals surface area contributed by atoms with E-state index >= 15 is 0 Å². The molecule has 1 aromatic rings. The van der Waals surface area contributed by atoms with Gasteiger partial charge in [-0.3, -0.25) is 4.98 Å². The van der Waals surface area contributed by atoms with E-state index in [9.17, 15) is 4.79 Å². The van der Waals surface area contributed by atoms with Crippen molar-refractivity contribution in [2.24, 2.45) is 5.92 Å². The lowest BCUT2D eigenvalue weighted by molar-refractivity contribution is 0.0510. The number of carbonyl (C=O) groups is 1. The first kappa shape index (κ1) is 17.7. The summed E-state index contributed by atoms with van der Waals surface area (Å²) in [6.45, 7) is 7.16. The monoisotopic (exact) mass is 319 g/mol. The highest BCUT2D eigenvalue weighted by Crippen LogP contribution is 2.24. The van der Waals surface area contributed by atoms with E-state index in [0.29, 0.717) is 18.5 Å². The minimum absolute atomic E-state index is 0.323. The van der Waals surface area contributed by atoms with Crippen molar-refractivity contribution in [3.8, 4) is 0 Å². The van der Waals surface area contributed by atoms with Gasteiger partial charge in [0, 0.05) is 31.5 Å². The van der Waals surface area contributed by atoms with Gasteiger partial charge in [-0.15, -0.1) is 0 Å². The number of pyridine rings is 1. The van der Waals surface area contributed by atoms with Crippen LogP contribution in [0.4, 0.5) is 4.79 Å². The normalized spacial score (nSPS) is 21.7. The molecule has 128 valence electrons. The first-order valence-corrected chi connectivity index (χ1v) is 8.53. The van der Waals surface area contributed by atoms with E-state index in [0.717, 1.165) is 19.4 Å². The van der Waals surface area contributed by atoms with Gasteiger partial charge in [0.05, 0.1) is 0 Å². The van der Waals surface area contributed by atoms with Crippen LogP contribution in [0.1, 0.15) is 52.0 Å². The van der Waals surface area contributed by atoms with Crippen LogP contribution in [0.3, 0.4) is 0 Å². The molecule has 2 unspecified atom stereocenters. The zero-order valence-electron chi connectivity index (χ0n) is 14.5. The van der Waals surface area contributed by atoms with Crippen LogP contribution in [0.15, 0.2) is 24.5 Å². The van der Waals surface area contributed by atoms with Crippen molar-refractivity contribution in [1.82, 2.24) is 15.6 Å². The van der Waals surface area contributed by atoms with Crippen LogP contribution in [0.25, 0.3) is 0 Å². The fraction of sp³-hybridized carbons (Fsp3) is 0.667. The number of carbonyl (C=O) groups excluding carboxylic acids is 1. The molecular formula is C18H29N3O2. The average Bonchev–Trinajstić information content (AvgIpc) is 2.51. The molecule has 1 amide bonds. The predicted octanol–water partition coefficient (Wildman–Crippen LogP) is 3.25. The van der Waals surface area contributed by atoms with Crippen molar-refractivity contribution in [3.63, 3.8) is 0 Å². The Balaban J connectivity index is 1.80. The molecule has 1 aromatic heterocycles. The van der Waals surface area contributed by atoms with Gasteiger partial charge in [-0.1, -0.05) is 12.8 Å². The highest BCUT2D eigenvalue weighted by molar-refractivity contribution is 5.67. The second kappa shape index (κ2) is 8.29. The van der Waals surface area contributed by atoms with Crippen molar-refractivity contribution >= 4 is 6.09 Å². The van der Waals surface area contributed by atoms with Gasteiger partial charge < -0.3 is 15.4 Å². The third kappa shape index (κ3) is 6.57. The maximum absolute atomic E-state index is 11.8. The Bertz CT molecular complexity index is 485. The predicted molar refractivity (Wildman–Crippen MR) is 91.1 cm³/mol. The van der Waals surface area contributed by atoms with Crippen molar-refractivity contribution in [2.45, 2.75) is 64.6 Å². The number of rotatable bonds is 5. The summed E-state index contributed by atoms with van der Waals surface area (Å²) in [5.41, 5.74) is 0.791. The van der Waals surface area contributed by atoms with Crippen molar-refractivity contribution < 1.29 is 9.53 Å². The van der Waals surface area contributed by atoms with Gasteiger partial charge in [-0.2, -0.15) is 0 Å². The van der Waals surface area contributed by atoms with Crippen LogP contribution < -0.4 is 10.6 Å². The summed E-state index contributed by atoms with van der Waals surface area (Å²) in [6.07, 6.45) is 8.09. The van der Waals surface area contributed by atoms with Gasteiger partial charge in [0.2, 0.25) is 0 Å². The Morgan fingerprint density at radius 3 is 2.65 bits per heavy atom. The van der Waals surface area contributed by atoms with Gasteiger partial charge in [0.25, 0.3) is 0 Å². The minimum Gasteiger partial charge on any atom is -0.444 e. The molecule has 0 aliphatic heterocycles. The Kier molecular flexibility index (Phi) is 6.39. The van der Waals surface area contributed by atoms with Gasteiger partial charge in [-0.05, 0) is 57.2 Å². The van der Waals surface area contributed by atoms with E-state index in [1.54, 1.807) is 0 Å². The second-order valence-corrected chi connectivity index (χ2v) is 7.27. The van der Waals surface area contributed by atoms with E-state index in [1.807, 2.05) is 45.3 Å². The molecular weight excluding hydrogens is 290 g/mol. The number of alkyl carbamates (subject to hydrolysis) is 1. The lowest BCUT2D eigenvalue weighted by Gasteiger charge is -2.32. The SMILES string of the molecule is CC(C)(C)OC(=O)NCC1CCCCC1NCc1ccncc1. The third-order valence-electron chi connectivity index (χ3n) is 4.13. The Labute approximate surface area is 139 Å². The second-order valence-electron chi connectivity index (χ2n) is 7.27. The molecule has 23 heavy (non-hydrogen) atoms. The average molecular weight is 319 g/mol. The topological polar surface area (TPSA) is 63.2 Å². The molecule has 0 aromatic carbocycles. The molecule has 1 saturated carbocycles. The maximum atomic E-state index is 11.8. The summed E-state index contributed by atoms with van der Waals surface area (Å²) in [5.74, 6) is 0.457. The number of nitrogens with zero attached hydrogens (tertiary/aromatic N) is 1. The van der Waals surface area contributed by atoms with Crippen molar-refractivity contribution in [3.05, 3.63) is 30.1 Å². The first-order valence-electron chi connectivity index (χ1n) is 8.53. The van der Waals surface area contributed by atoms with Crippen LogP contribution in [-0.4, -0.2) is 29.3 Å². The fourth-order valence-corrected chi connectivity index (χ4v) is 3.00. The molecule has 0 bridgehead atoms. The number of ether oxygens (including phenoxy) is 1. The number of hydrogen-bond acceptors (Lipinski definition) is 4. The summed E-state index contributed by atoms with van der Waals surface area (Å²) in [5, 5.41) is 6.57. The minimum atomic E-state index is -0.449. The number of hydrogen-bond donors (Lipinski definition) is 2. The largest absolute Gasteiger partial charge is 0.444 e. The molecule has 0 radical (unpaired) electrons. The van der Waals surface area contributed by atoms with E-state index in [-0.39, 0.29) is 6.09 Å². The summed E-state index contributed by atoms with van der Waals surface area (Å²) in [6, 6.07) is 4.50. The van der Waals surface area contributed by atoms with E-state index in [2.05, 4.69) is 15.6 Å². The molecule has 2 atom stereocenters. The summed E-state index contributed by atoms with van der Waals surface area (Å²) < 4.78 is 5.32. The molecule has 5 nitrogen and oxygen atoms in total.